The van der Waals surface area contributed by atoms with Crippen LogP contribution in [-0.2, 0) is 20.8 Å². The topological polar surface area (TPSA) is 71.5 Å². The van der Waals surface area contributed by atoms with Gasteiger partial charge in [0.25, 0.3) is 0 Å². The molecule has 2 N–H and O–H groups in total. The Balaban J connectivity index is 2.26. The van der Waals surface area contributed by atoms with Crippen molar-refractivity contribution in [1.82, 2.24) is 9.78 Å². The van der Waals surface area contributed by atoms with E-state index in [0.717, 1.165) is 18.5 Å². The fourth-order valence-electron chi connectivity index (χ4n) is 2.65. The molecule has 2 rings (SSSR count). The fraction of sp³-hybridized carbons (Fsp3) is 0.769. The minimum atomic E-state index is -0.452. The summed E-state index contributed by atoms with van der Waals surface area (Å²) in [6.07, 6.45) is 3.11. The number of aromatic nitrogens is 2. The summed E-state index contributed by atoms with van der Waals surface area (Å²) in [4.78, 5) is 0. The quantitative estimate of drug-likeness (QED) is 0.859. The molecule has 2 heterocycles. The Labute approximate surface area is 124 Å². The van der Waals surface area contributed by atoms with Crippen molar-refractivity contribution in [3.05, 3.63) is 16.9 Å². The summed E-state index contributed by atoms with van der Waals surface area (Å²) in [6.45, 7) is 2.46. The third-order valence-corrected chi connectivity index (χ3v) is 4.24. The van der Waals surface area contributed by atoms with Crippen LogP contribution in [0.5, 0.6) is 0 Å². The molecule has 1 unspecified atom stereocenters. The molecule has 0 aromatic carbocycles. The number of ether oxygens (including phenoxy) is 3. The number of nitrogens with zero attached hydrogens (tertiary/aromatic N) is 2. The van der Waals surface area contributed by atoms with Gasteiger partial charge < -0.3 is 19.9 Å². The van der Waals surface area contributed by atoms with Crippen LogP contribution in [0.3, 0.4) is 0 Å². The van der Waals surface area contributed by atoms with Crippen LogP contribution in [0, 0.1) is 0 Å². The molecule has 0 aliphatic carbocycles. The van der Waals surface area contributed by atoms with Crippen molar-refractivity contribution in [2.45, 2.75) is 31.0 Å². The van der Waals surface area contributed by atoms with Crippen molar-refractivity contribution in [3.63, 3.8) is 0 Å². The van der Waals surface area contributed by atoms with Gasteiger partial charge in [-0.15, -0.1) is 0 Å². The van der Waals surface area contributed by atoms with E-state index in [9.17, 15) is 0 Å². The zero-order valence-corrected chi connectivity index (χ0v) is 12.7. The number of nitrogens with two attached hydrogens (primary N) is 1. The van der Waals surface area contributed by atoms with Gasteiger partial charge in [0.05, 0.1) is 41.7 Å². The first kappa shape index (κ1) is 15.7. The highest BCUT2D eigenvalue weighted by Gasteiger charge is 2.41. The molecule has 0 saturated carbocycles. The SMILES string of the molecule is COCCn1ncc(Cl)c1C(N)C1(OC)CCOCC1. The highest BCUT2D eigenvalue weighted by molar-refractivity contribution is 6.31. The zero-order chi connectivity index (χ0) is 14.6. The van der Waals surface area contributed by atoms with Crippen LogP contribution in [0.4, 0.5) is 0 Å². The van der Waals surface area contributed by atoms with Crippen LogP contribution < -0.4 is 5.73 Å². The Hall–Kier alpha value is -0.660. The predicted molar refractivity (Wildman–Crippen MR) is 75.8 cm³/mol. The maximum Gasteiger partial charge on any atom is 0.0929 e. The second-order valence-electron chi connectivity index (χ2n) is 4.95. The molecule has 1 aliphatic heterocycles. The average Bonchev–Trinajstić information content (AvgIpc) is 2.85. The molecule has 0 bridgehead atoms. The van der Waals surface area contributed by atoms with Crippen molar-refractivity contribution < 1.29 is 14.2 Å². The van der Waals surface area contributed by atoms with E-state index in [0.29, 0.717) is 31.4 Å². The third kappa shape index (κ3) is 2.99. The van der Waals surface area contributed by atoms with Crippen molar-refractivity contribution in [1.29, 1.82) is 0 Å². The first-order chi connectivity index (χ1) is 9.64. The minimum Gasteiger partial charge on any atom is -0.383 e. The number of methoxy groups -OCH3 is 2. The van der Waals surface area contributed by atoms with Crippen LogP contribution in [0.25, 0.3) is 0 Å². The highest BCUT2D eigenvalue weighted by Crippen LogP contribution is 2.38. The first-order valence-electron chi connectivity index (χ1n) is 6.73. The van der Waals surface area contributed by atoms with Crippen LogP contribution in [0.2, 0.25) is 5.02 Å². The summed E-state index contributed by atoms with van der Waals surface area (Å²) >= 11 is 6.27. The fourth-order valence-corrected chi connectivity index (χ4v) is 2.90. The van der Waals surface area contributed by atoms with Gasteiger partial charge in [-0.05, 0) is 0 Å². The first-order valence-corrected chi connectivity index (χ1v) is 7.11. The molecule has 114 valence electrons. The third-order valence-electron chi connectivity index (χ3n) is 3.95. The van der Waals surface area contributed by atoms with Gasteiger partial charge in [0.1, 0.15) is 0 Å². The Morgan fingerprint density at radius 1 is 1.50 bits per heavy atom. The van der Waals surface area contributed by atoms with Gasteiger partial charge in [-0.2, -0.15) is 5.10 Å². The van der Waals surface area contributed by atoms with Crippen molar-refractivity contribution in [3.8, 4) is 0 Å². The Kier molecular flexibility index (Phi) is 5.40. The Morgan fingerprint density at radius 2 is 2.20 bits per heavy atom. The van der Waals surface area contributed by atoms with E-state index in [1.165, 1.54) is 0 Å². The van der Waals surface area contributed by atoms with Gasteiger partial charge in [0, 0.05) is 40.3 Å². The normalized spacial score (nSPS) is 20.0. The van der Waals surface area contributed by atoms with Crippen LogP contribution >= 0.6 is 11.6 Å². The van der Waals surface area contributed by atoms with Gasteiger partial charge >= 0.3 is 0 Å². The minimum absolute atomic E-state index is 0.344. The molecule has 20 heavy (non-hydrogen) atoms. The molecule has 0 spiro atoms. The lowest BCUT2D eigenvalue weighted by Crippen LogP contribution is -2.48. The standard InChI is InChI=1S/C13H22ClN3O3/c1-18-8-5-17-11(10(14)9-16-17)12(15)13(19-2)3-6-20-7-4-13/h9,12H,3-8,15H2,1-2H3. The molecular formula is C13H22ClN3O3. The van der Waals surface area contributed by atoms with E-state index < -0.39 is 5.60 Å². The second kappa shape index (κ2) is 6.87. The maximum absolute atomic E-state index is 6.47. The molecule has 1 fully saturated rings. The molecular weight excluding hydrogens is 282 g/mol. The highest BCUT2D eigenvalue weighted by atomic mass is 35.5. The van der Waals surface area contributed by atoms with Crippen LogP contribution in [0.15, 0.2) is 6.20 Å². The summed E-state index contributed by atoms with van der Waals surface area (Å²) in [6, 6.07) is -0.344. The smallest absolute Gasteiger partial charge is 0.0929 e. The van der Waals surface area contributed by atoms with E-state index >= 15 is 0 Å². The molecule has 0 radical (unpaired) electrons. The zero-order valence-electron chi connectivity index (χ0n) is 12.0. The van der Waals surface area contributed by atoms with Gasteiger partial charge in [-0.3, -0.25) is 4.68 Å². The molecule has 7 heteroatoms. The molecule has 1 aliphatic rings. The molecule has 1 atom stereocenters. The predicted octanol–water partition coefficient (Wildman–Crippen LogP) is 1.38. The van der Waals surface area contributed by atoms with E-state index in [2.05, 4.69) is 5.10 Å². The second-order valence-corrected chi connectivity index (χ2v) is 5.36. The van der Waals surface area contributed by atoms with Crippen molar-refractivity contribution in [2.24, 2.45) is 5.73 Å². The summed E-state index contributed by atoms with van der Waals surface area (Å²) in [5, 5.41) is 4.84. The Bertz CT molecular complexity index is 432. The van der Waals surface area contributed by atoms with Crippen molar-refractivity contribution >= 4 is 11.6 Å². The van der Waals surface area contributed by atoms with Crippen molar-refractivity contribution in [2.75, 3.05) is 34.0 Å². The molecule has 6 nitrogen and oxygen atoms in total. The summed E-state index contributed by atoms with van der Waals surface area (Å²) in [7, 11) is 3.34. The maximum atomic E-state index is 6.47. The van der Waals surface area contributed by atoms with Gasteiger partial charge in [-0.1, -0.05) is 11.6 Å². The van der Waals surface area contributed by atoms with Gasteiger partial charge in [0.2, 0.25) is 0 Å². The van der Waals surface area contributed by atoms with E-state index in [1.807, 2.05) is 0 Å². The lowest BCUT2D eigenvalue weighted by Gasteiger charge is -2.40. The summed E-state index contributed by atoms with van der Waals surface area (Å²) in [5.74, 6) is 0. The van der Waals surface area contributed by atoms with Gasteiger partial charge in [-0.25, -0.2) is 0 Å². The largest absolute Gasteiger partial charge is 0.383 e. The number of hydrogen-bond donors (Lipinski definition) is 1. The monoisotopic (exact) mass is 303 g/mol. The molecule has 1 aromatic rings. The van der Waals surface area contributed by atoms with Crippen LogP contribution in [-0.4, -0.2) is 49.4 Å². The summed E-state index contributed by atoms with van der Waals surface area (Å²) in [5.41, 5.74) is 6.81. The lowest BCUT2D eigenvalue weighted by molar-refractivity contribution is -0.106. The molecule has 1 aromatic heterocycles. The molecule has 0 amide bonds. The number of hydrogen-bond acceptors (Lipinski definition) is 5. The van der Waals surface area contributed by atoms with E-state index in [1.54, 1.807) is 25.1 Å². The number of halogens is 1. The number of rotatable bonds is 6. The van der Waals surface area contributed by atoms with Gasteiger partial charge in [0.15, 0.2) is 0 Å². The van der Waals surface area contributed by atoms with Crippen LogP contribution in [0.1, 0.15) is 24.6 Å². The van der Waals surface area contributed by atoms with E-state index in [-0.39, 0.29) is 6.04 Å². The van der Waals surface area contributed by atoms with E-state index in [4.69, 9.17) is 31.5 Å². The summed E-state index contributed by atoms with van der Waals surface area (Å²) < 4.78 is 18.0. The molecule has 1 saturated heterocycles. The Morgan fingerprint density at radius 3 is 2.80 bits per heavy atom. The average molecular weight is 304 g/mol. The lowest BCUT2D eigenvalue weighted by atomic mass is 9.84.